The molecule has 2 atom stereocenters. The molecule has 1 aromatic heterocycles. The van der Waals surface area contributed by atoms with Gasteiger partial charge in [0.1, 0.15) is 6.10 Å². The van der Waals surface area contributed by atoms with Crippen molar-refractivity contribution >= 4 is 5.95 Å². The molecule has 112 valence electrons. The number of hydrogen-bond acceptors (Lipinski definition) is 5. The number of rotatable bonds is 5. The number of hydrogen-bond donors (Lipinski definition) is 1. The molecule has 1 N–H and O–H groups in total. The first kappa shape index (κ1) is 15.0. The summed E-state index contributed by atoms with van der Waals surface area (Å²) in [6, 6.07) is 0. The molecule has 6 heteroatoms. The van der Waals surface area contributed by atoms with Crippen molar-refractivity contribution in [1.29, 1.82) is 0 Å². The van der Waals surface area contributed by atoms with Gasteiger partial charge in [0.05, 0.1) is 18.4 Å². The van der Waals surface area contributed by atoms with E-state index in [0.717, 1.165) is 32.0 Å². The summed E-state index contributed by atoms with van der Waals surface area (Å²) < 4.78 is 25.1. The lowest BCUT2D eigenvalue weighted by Gasteiger charge is -2.31. The molecule has 0 saturated carbocycles. The fraction of sp³-hybridized carbons (Fsp3) is 0.714. The second-order valence-electron chi connectivity index (χ2n) is 5.24. The Bertz CT molecular complexity index is 434. The minimum absolute atomic E-state index is 0.0184. The fourth-order valence-corrected chi connectivity index (χ4v) is 2.35. The van der Waals surface area contributed by atoms with Crippen molar-refractivity contribution in [1.82, 2.24) is 9.97 Å². The first-order chi connectivity index (χ1) is 9.58. The minimum atomic E-state index is -0.529. The number of nitrogens with one attached hydrogen (secondary N) is 1. The third-order valence-corrected chi connectivity index (χ3v) is 3.18. The molecule has 2 unspecified atom stereocenters. The molecule has 20 heavy (non-hydrogen) atoms. The molecule has 0 radical (unpaired) electrons. The molecule has 0 aliphatic carbocycles. The number of aromatic nitrogens is 2. The van der Waals surface area contributed by atoms with Crippen molar-refractivity contribution in [3.05, 3.63) is 12.0 Å². The van der Waals surface area contributed by atoms with E-state index in [1.54, 1.807) is 0 Å². The topological polar surface area (TPSA) is 56.3 Å². The Morgan fingerprint density at radius 1 is 1.40 bits per heavy atom. The van der Waals surface area contributed by atoms with Gasteiger partial charge in [-0.15, -0.1) is 0 Å². The molecule has 2 heterocycles. The van der Waals surface area contributed by atoms with Crippen LogP contribution in [0.3, 0.4) is 0 Å². The molecule has 1 aromatic rings. The molecule has 1 fully saturated rings. The van der Waals surface area contributed by atoms with Crippen LogP contribution in [0.5, 0.6) is 5.88 Å². The Morgan fingerprint density at radius 3 is 2.75 bits per heavy atom. The zero-order valence-electron chi connectivity index (χ0n) is 12.2. The Labute approximate surface area is 118 Å². The van der Waals surface area contributed by atoms with Crippen LogP contribution in [0.25, 0.3) is 0 Å². The smallest absolute Gasteiger partial charge is 0.255 e. The van der Waals surface area contributed by atoms with Crippen LogP contribution in [-0.2, 0) is 4.74 Å². The van der Waals surface area contributed by atoms with Crippen molar-refractivity contribution in [3.63, 3.8) is 0 Å². The van der Waals surface area contributed by atoms with Gasteiger partial charge in [-0.05, 0) is 20.3 Å². The molecule has 1 saturated heterocycles. The zero-order valence-corrected chi connectivity index (χ0v) is 12.2. The standard InChI is InChI=1S/C14H22FN3O2/c1-4-5-16-14-17-8-12(15)13(18-14)20-11-6-9(2)19-10(3)7-11/h8-11H,4-7H2,1-3H3,(H,16,17,18). The maximum atomic E-state index is 13.7. The first-order valence-corrected chi connectivity index (χ1v) is 7.17. The Balaban J connectivity index is 2.03. The van der Waals surface area contributed by atoms with E-state index in [-0.39, 0.29) is 24.2 Å². The lowest BCUT2D eigenvalue weighted by Crippen LogP contribution is -2.36. The fourth-order valence-electron chi connectivity index (χ4n) is 2.35. The highest BCUT2D eigenvalue weighted by Crippen LogP contribution is 2.25. The number of nitrogens with zero attached hydrogens (tertiary/aromatic N) is 2. The zero-order chi connectivity index (χ0) is 14.5. The van der Waals surface area contributed by atoms with Gasteiger partial charge in [-0.3, -0.25) is 0 Å². The first-order valence-electron chi connectivity index (χ1n) is 7.17. The normalized spacial score (nSPS) is 26.3. The molecule has 0 bridgehead atoms. The van der Waals surface area contributed by atoms with Gasteiger partial charge in [0.2, 0.25) is 11.8 Å². The summed E-state index contributed by atoms with van der Waals surface area (Å²) in [5.74, 6) is -0.111. The van der Waals surface area contributed by atoms with Crippen LogP contribution in [0.4, 0.5) is 10.3 Å². The summed E-state index contributed by atoms with van der Waals surface area (Å²) in [5.41, 5.74) is 0. The summed E-state index contributed by atoms with van der Waals surface area (Å²) in [5, 5.41) is 3.02. The SMILES string of the molecule is CCCNc1ncc(F)c(OC2CC(C)OC(C)C2)n1. The Morgan fingerprint density at radius 2 is 2.10 bits per heavy atom. The number of anilines is 1. The summed E-state index contributed by atoms with van der Waals surface area (Å²) in [4.78, 5) is 7.99. The van der Waals surface area contributed by atoms with Crippen LogP contribution in [0.1, 0.15) is 40.0 Å². The van der Waals surface area contributed by atoms with Gasteiger partial charge >= 0.3 is 0 Å². The van der Waals surface area contributed by atoms with Crippen LogP contribution in [-0.4, -0.2) is 34.8 Å². The Hall–Kier alpha value is -1.43. The predicted octanol–water partition coefficient (Wildman–Crippen LogP) is 2.77. The number of halogens is 1. The molecule has 5 nitrogen and oxygen atoms in total. The van der Waals surface area contributed by atoms with E-state index in [4.69, 9.17) is 9.47 Å². The molecule has 1 aliphatic rings. The average molecular weight is 283 g/mol. The third-order valence-electron chi connectivity index (χ3n) is 3.18. The molecular weight excluding hydrogens is 261 g/mol. The van der Waals surface area contributed by atoms with Gasteiger partial charge in [0, 0.05) is 19.4 Å². The van der Waals surface area contributed by atoms with Crippen molar-refractivity contribution < 1.29 is 13.9 Å². The van der Waals surface area contributed by atoms with Crippen LogP contribution in [0.2, 0.25) is 0 Å². The van der Waals surface area contributed by atoms with Gasteiger partial charge in [-0.1, -0.05) is 6.92 Å². The Kier molecular flexibility index (Phi) is 5.11. The third kappa shape index (κ3) is 4.03. The van der Waals surface area contributed by atoms with E-state index >= 15 is 0 Å². The molecule has 2 rings (SSSR count). The number of ether oxygens (including phenoxy) is 2. The second kappa shape index (κ2) is 6.83. The summed E-state index contributed by atoms with van der Waals surface area (Å²) in [6.07, 6.45) is 3.74. The van der Waals surface area contributed by atoms with E-state index in [1.807, 2.05) is 20.8 Å². The van der Waals surface area contributed by atoms with Crippen molar-refractivity contribution in [3.8, 4) is 5.88 Å². The van der Waals surface area contributed by atoms with Gasteiger partial charge in [0.25, 0.3) is 5.88 Å². The van der Waals surface area contributed by atoms with Crippen LogP contribution >= 0.6 is 0 Å². The predicted molar refractivity (Wildman–Crippen MR) is 74.4 cm³/mol. The quantitative estimate of drug-likeness (QED) is 0.900. The highest BCUT2D eigenvalue weighted by atomic mass is 19.1. The van der Waals surface area contributed by atoms with E-state index < -0.39 is 5.82 Å². The van der Waals surface area contributed by atoms with Crippen LogP contribution < -0.4 is 10.1 Å². The van der Waals surface area contributed by atoms with Gasteiger partial charge in [-0.25, -0.2) is 4.98 Å². The van der Waals surface area contributed by atoms with Crippen molar-refractivity contribution in [2.24, 2.45) is 0 Å². The van der Waals surface area contributed by atoms with E-state index in [9.17, 15) is 4.39 Å². The highest BCUT2D eigenvalue weighted by molar-refractivity contribution is 5.28. The largest absolute Gasteiger partial charge is 0.472 e. The molecule has 0 spiro atoms. The summed E-state index contributed by atoms with van der Waals surface area (Å²) in [6.45, 7) is 6.78. The average Bonchev–Trinajstić information content (AvgIpc) is 2.38. The van der Waals surface area contributed by atoms with E-state index in [1.165, 1.54) is 0 Å². The summed E-state index contributed by atoms with van der Waals surface area (Å²) in [7, 11) is 0. The minimum Gasteiger partial charge on any atom is -0.472 e. The second-order valence-corrected chi connectivity index (χ2v) is 5.24. The van der Waals surface area contributed by atoms with E-state index in [0.29, 0.717) is 5.95 Å². The van der Waals surface area contributed by atoms with Gasteiger partial charge in [0.15, 0.2) is 0 Å². The maximum Gasteiger partial charge on any atom is 0.255 e. The van der Waals surface area contributed by atoms with Gasteiger partial charge in [-0.2, -0.15) is 9.37 Å². The van der Waals surface area contributed by atoms with Crippen molar-refractivity contribution in [2.75, 3.05) is 11.9 Å². The summed E-state index contributed by atoms with van der Waals surface area (Å²) >= 11 is 0. The maximum absolute atomic E-state index is 13.7. The molecule has 0 aromatic carbocycles. The van der Waals surface area contributed by atoms with E-state index in [2.05, 4.69) is 15.3 Å². The molecular formula is C14H22FN3O2. The van der Waals surface area contributed by atoms with Gasteiger partial charge < -0.3 is 14.8 Å². The monoisotopic (exact) mass is 283 g/mol. The molecule has 0 amide bonds. The van der Waals surface area contributed by atoms with Crippen molar-refractivity contribution in [2.45, 2.75) is 58.3 Å². The van der Waals surface area contributed by atoms with Crippen LogP contribution in [0.15, 0.2) is 6.20 Å². The molecule has 1 aliphatic heterocycles. The van der Waals surface area contributed by atoms with Crippen LogP contribution in [0, 0.1) is 5.82 Å². The lowest BCUT2D eigenvalue weighted by molar-refractivity contribution is -0.0736. The lowest BCUT2D eigenvalue weighted by atomic mass is 10.0. The highest BCUT2D eigenvalue weighted by Gasteiger charge is 2.27.